The van der Waals surface area contributed by atoms with Crippen molar-refractivity contribution in [3.63, 3.8) is 0 Å². The molecule has 0 aromatic carbocycles. The molecule has 9 nitrogen and oxygen atoms in total. The summed E-state index contributed by atoms with van der Waals surface area (Å²) >= 11 is 0. The zero-order valence-corrected chi connectivity index (χ0v) is 17.5. The maximum atomic E-state index is 12.8. The highest BCUT2D eigenvalue weighted by atomic mass is 16.2. The standard InChI is InChI=1S/C23H23N7O2/c31-21-20-22(30(23(32)27-21)16-6-9-24-10-7-16)29(14-26-20)19-11-17-4-5-18(12-19)28(17)13-15-3-1-2-8-25-15/h1-3,6-10,14,17-19H,4-5,11-13H2,(H,27,31,32). The number of rotatable bonds is 4. The van der Waals surface area contributed by atoms with Gasteiger partial charge in [-0.25, -0.2) is 14.3 Å². The van der Waals surface area contributed by atoms with Crippen LogP contribution in [-0.4, -0.2) is 46.1 Å². The van der Waals surface area contributed by atoms with Crippen LogP contribution < -0.4 is 11.2 Å². The molecule has 6 heterocycles. The molecule has 4 aromatic rings. The molecule has 0 aliphatic carbocycles. The van der Waals surface area contributed by atoms with E-state index in [4.69, 9.17) is 0 Å². The lowest BCUT2D eigenvalue weighted by molar-refractivity contribution is 0.0989. The molecule has 0 radical (unpaired) electrons. The molecule has 2 unspecified atom stereocenters. The van der Waals surface area contributed by atoms with Crippen molar-refractivity contribution >= 4 is 11.2 Å². The Balaban J connectivity index is 1.39. The van der Waals surface area contributed by atoms with Gasteiger partial charge in [-0.2, -0.15) is 0 Å². The van der Waals surface area contributed by atoms with Crippen LogP contribution in [0.1, 0.15) is 37.4 Å². The van der Waals surface area contributed by atoms with Crippen molar-refractivity contribution < 1.29 is 0 Å². The molecule has 0 saturated carbocycles. The fourth-order valence-electron chi connectivity index (χ4n) is 5.45. The van der Waals surface area contributed by atoms with Crippen LogP contribution in [0.5, 0.6) is 0 Å². The van der Waals surface area contributed by atoms with Gasteiger partial charge in [0.15, 0.2) is 11.2 Å². The number of nitrogens with zero attached hydrogens (tertiary/aromatic N) is 6. The monoisotopic (exact) mass is 429 g/mol. The van der Waals surface area contributed by atoms with Gasteiger partial charge < -0.3 is 4.57 Å². The first-order valence-corrected chi connectivity index (χ1v) is 11.0. The molecule has 0 amide bonds. The highest BCUT2D eigenvalue weighted by molar-refractivity contribution is 5.72. The topological polar surface area (TPSA) is 102 Å². The first-order chi connectivity index (χ1) is 15.7. The number of hydrogen-bond donors (Lipinski definition) is 1. The van der Waals surface area contributed by atoms with E-state index in [0.717, 1.165) is 37.9 Å². The summed E-state index contributed by atoms with van der Waals surface area (Å²) in [7, 11) is 0. The lowest BCUT2D eigenvalue weighted by atomic mass is 9.96. The Bertz CT molecular complexity index is 1360. The number of aromatic nitrogens is 6. The summed E-state index contributed by atoms with van der Waals surface area (Å²) in [5.74, 6) is 0. The second kappa shape index (κ2) is 7.52. The first kappa shape index (κ1) is 19.1. The van der Waals surface area contributed by atoms with Gasteiger partial charge in [-0.05, 0) is 49.9 Å². The van der Waals surface area contributed by atoms with Gasteiger partial charge in [0.2, 0.25) is 0 Å². The van der Waals surface area contributed by atoms with Crippen molar-refractivity contribution in [2.45, 2.75) is 50.4 Å². The molecule has 162 valence electrons. The largest absolute Gasteiger partial charge is 0.334 e. The Kier molecular flexibility index (Phi) is 4.50. The minimum atomic E-state index is -0.467. The van der Waals surface area contributed by atoms with Crippen LogP contribution in [0.15, 0.2) is 64.8 Å². The van der Waals surface area contributed by atoms with E-state index in [-0.39, 0.29) is 11.6 Å². The predicted octanol–water partition coefficient (Wildman–Crippen LogP) is 2.03. The molecular weight excluding hydrogens is 406 g/mol. The summed E-state index contributed by atoms with van der Waals surface area (Å²) < 4.78 is 3.57. The number of H-pyrrole nitrogens is 1. The summed E-state index contributed by atoms with van der Waals surface area (Å²) in [5, 5.41) is 0. The highest BCUT2D eigenvalue weighted by Gasteiger charge is 2.41. The molecule has 6 rings (SSSR count). The Morgan fingerprint density at radius 1 is 0.938 bits per heavy atom. The SMILES string of the molecule is O=c1[nH]c(=O)n(-c2ccncc2)c2c1ncn2C1CC2CCC(C1)N2Cc1ccccn1. The molecule has 2 fully saturated rings. The van der Waals surface area contributed by atoms with Crippen molar-refractivity contribution in [3.8, 4) is 5.69 Å². The number of piperidine rings is 1. The predicted molar refractivity (Wildman–Crippen MR) is 119 cm³/mol. The second-order valence-electron chi connectivity index (χ2n) is 8.63. The van der Waals surface area contributed by atoms with E-state index >= 15 is 0 Å². The minimum absolute atomic E-state index is 0.173. The average molecular weight is 429 g/mol. The Morgan fingerprint density at radius 3 is 2.44 bits per heavy atom. The van der Waals surface area contributed by atoms with Crippen molar-refractivity contribution in [1.29, 1.82) is 0 Å². The van der Waals surface area contributed by atoms with Crippen molar-refractivity contribution in [1.82, 2.24) is 34.0 Å². The van der Waals surface area contributed by atoms with Crippen LogP contribution >= 0.6 is 0 Å². The third kappa shape index (κ3) is 3.08. The van der Waals surface area contributed by atoms with Crippen LogP contribution in [0.4, 0.5) is 0 Å². The molecule has 4 aromatic heterocycles. The lowest BCUT2D eigenvalue weighted by Crippen LogP contribution is -2.43. The van der Waals surface area contributed by atoms with E-state index in [2.05, 4.69) is 30.9 Å². The van der Waals surface area contributed by atoms with Gasteiger partial charge in [-0.1, -0.05) is 6.07 Å². The molecule has 2 aliphatic heterocycles. The molecular formula is C23H23N7O2. The molecule has 1 N–H and O–H groups in total. The van der Waals surface area contributed by atoms with E-state index in [9.17, 15) is 9.59 Å². The maximum absolute atomic E-state index is 12.8. The second-order valence-corrected chi connectivity index (χ2v) is 8.63. The summed E-state index contributed by atoms with van der Waals surface area (Å²) in [6.07, 6.45) is 11.0. The van der Waals surface area contributed by atoms with Crippen LogP contribution in [0, 0.1) is 0 Å². The molecule has 2 bridgehead atoms. The smallest absolute Gasteiger partial charge is 0.313 e. The molecule has 32 heavy (non-hydrogen) atoms. The fraction of sp³-hybridized carbons (Fsp3) is 0.348. The quantitative estimate of drug-likeness (QED) is 0.533. The minimum Gasteiger partial charge on any atom is -0.313 e. The number of nitrogens with one attached hydrogen (secondary N) is 1. The summed E-state index contributed by atoms with van der Waals surface area (Å²) in [5.41, 5.74) is 1.66. The molecule has 2 aliphatic rings. The highest BCUT2D eigenvalue weighted by Crippen LogP contribution is 2.42. The Hall–Kier alpha value is -3.59. The summed E-state index contributed by atoms with van der Waals surface area (Å²) in [6.45, 7) is 0.856. The van der Waals surface area contributed by atoms with Gasteiger partial charge >= 0.3 is 5.69 Å². The van der Waals surface area contributed by atoms with Crippen molar-refractivity contribution in [2.24, 2.45) is 0 Å². The van der Waals surface area contributed by atoms with Crippen LogP contribution in [0.2, 0.25) is 0 Å². The maximum Gasteiger partial charge on any atom is 0.334 e. The van der Waals surface area contributed by atoms with Gasteiger partial charge in [-0.3, -0.25) is 24.6 Å². The zero-order valence-electron chi connectivity index (χ0n) is 17.5. The third-order valence-corrected chi connectivity index (χ3v) is 6.86. The molecule has 2 saturated heterocycles. The Morgan fingerprint density at radius 2 is 1.72 bits per heavy atom. The van der Waals surface area contributed by atoms with Gasteiger partial charge in [0.1, 0.15) is 0 Å². The normalized spacial score (nSPS) is 23.1. The zero-order chi connectivity index (χ0) is 21.7. The number of fused-ring (bicyclic) bond motifs is 3. The third-order valence-electron chi connectivity index (χ3n) is 6.86. The molecule has 0 spiro atoms. The lowest BCUT2D eigenvalue weighted by Gasteiger charge is -2.39. The first-order valence-electron chi connectivity index (χ1n) is 11.0. The molecule has 9 heteroatoms. The van der Waals surface area contributed by atoms with Crippen LogP contribution in [-0.2, 0) is 6.54 Å². The number of hydrogen-bond acceptors (Lipinski definition) is 6. The van der Waals surface area contributed by atoms with E-state index < -0.39 is 11.2 Å². The van der Waals surface area contributed by atoms with Gasteiger partial charge in [0.25, 0.3) is 5.56 Å². The van der Waals surface area contributed by atoms with Crippen molar-refractivity contribution in [3.05, 3.63) is 81.8 Å². The van der Waals surface area contributed by atoms with Crippen LogP contribution in [0.25, 0.3) is 16.9 Å². The van der Waals surface area contributed by atoms with Crippen molar-refractivity contribution in [2.75, 3.05) is 0 Å². The van der Waals surface area contributed by atoms with Gasteiger partial charge in [-0.15, -0.1) is 0 Å². The molecule has 2 atom stereocenters. The van der Waals surface area contributed by atoms with E-state index in [0.29, 0.717) is 23.4 Å². The van der Waals surface area contributed by atoms with Crippen LogP contribution in [0.3, 0.4) is 0 Å². The summed E-state index contributed by atoms with van der Waals surface area (Å²) in [4.78, 5) is 43.2. The average Bonchev–Trinajstić information content (AvgIpc) is 3.33. The van der Waals surface area contributed by atoms with E-state index in [1.54, 1.807) is 30.9 Å². The Labute approximate surface area is 183 Å². The van der Waals surface area contributed by atoms with E-state index in [1.807, 2.05) is 22.9 Å². The van der Waals surface area contributed by atoms with Gasteiger partial charge in [0, 0.05) is 43.3 Å². The number of aromatic amines is 1. The summed E-state index contributed by atoms with van der Waals surface area (Å²) in [6, 6.07) is 10.6. The van der Waals surface area contributed by atoms with E-state index in [1.165, 1.54) is 4.57 Å². The number of imidazole rings is 1. The fourth-order valence-corrected chi connectivity index (χ4v) is 5.45. The van der Waals surface area contributed by atoms with Gasteiger partial charge in [0.05, 0.1) is 17.7 Å². The number of pyridine rings is 2.